The molecule has 9 N–H and O–H groups in total. The zero-order chi connectivity index (χ0) is 67.0. The number of urea groups is 1. The topological polar surface area (TPSA) is 328 Å². The van der Waals surface area contributed by atoms with Gasteiger partial charge in [0.05, 0.1) is 42.7 Å². The number of likely N-dealkylation sites (N-methyl/N-ethyl adjacent to an activating group) is 1. The van der Waals surface area contributed by atoms with Crippen molar-refractivity contribution in [2.75, 3.05) is 39.7 Å². The Kier molecular flexibility index (Phi) is 30.3. The molecule has 0 radical (unpaired) electrons. The zero-order valence-electron chi connectivity index (χ0n) is 55.0. The molecule has 10 amide bonds. The highest BCUT2D eigenvalue weighted by Crippen LogP contribution is 2.31. The summed E-state index contributed by atoms with van der Waals surface area (Å²) in [5.74, 6) is -5.13. The lowest BCUT2D eigenvalue weighted by Gasteiger charge is -2.41. The smallest absolute Gasteiger partial charge is 0.408 e. The molecule has 0 aliphatic carbocycles. The molecule has 0 saturated carbocycles. The third-order valence-corrected chi connectivity index (χ3v) is 17.4. The van der Waals surface area contributed by atoms with Crippen LogP contribution in [-0.4, -0.2) is 156 Å². The third-order valence-electron chi connectivity index (χ3n) is 16.5. The Balaban J connectivity index is 1.37. The molecule has 1 aromatic heterocycles. The van der Waals surface area contributed by atoms with Crippen LogP contribution in [0.25, 0.3) is 0 Å². The number of anilines is 1. The van der Waals surface area contributed by atoms with Crippen LogP contribution >= 0.6 is 11.3 Å². The number of likely N-dealkylation sites (tertiary alicyclic amines) is 1. The van der Waals surface area contributed by atoms with Crippen LogP contribution in [0, 0.1) is 29.6 Å². The first-order valence-electron chi connectivity index (χ1n) is 31.2. The molecule has 10 atom stereocenters. The molecule has 1 fully saturated rings. The van der Waals surface area contributed by atoms with Gasteiger partial charge in [-0.15, -0.1) is 11.3 Å². The van der Waals surface area contributed by atoms with Gasteiger partial charge in [-0.3, -0.25) is 38.4 Å². The summed E-state index contributed by atoms with van der Waals surface area (Å²) >= 11 is 1.47. The molecule has 2 aromatic carbocycles. The van der Waals surface area contributed by atoms with Gasteiger partial charge < -0.3 is 67.0 Å². The molecule has 25 heteroatoms. The number of hydrogen-bond acceptors (Lipinski definition) is 15. The highest BCUT2D eigenvalue weighted by Gasteiger charge is 2.44. The van der Waals surface area contributed by atoms with Gasteiger partial charge in [0.2, 0.25) is 41.4 Å². The van der Waals surface area contributed by atoms with Crippen LogP contribution in [-0.2, 0) is 65.6 Å². The van der Waals surface area contributed by atoms with E-state index in [4.69, 9.17) is 19.9 Å². The van der Waals surface area contributed by atoms with E-state index in [9.17, 15) is 47.9 Å². The molecule has 1 saturated heterocycles. The fraction of sp³-hybridized carbons (Fsp3) is 0.615. The summed E-state index contributed by atoms with van der Waals surface area (Å²) in [6.07, 6.45) is 2.09. The fourth-order valence-corrected chi connectivity index (χ4v) is 11.6. The maximum absolute atomic E-state index is 14.7. The highest BCUT2D eigenvalue weighted by molar-refractivity contribution is 7.09. The second-order valence-corrected chi connectivity index (χ2v) is 25.7. The van der Waals surface area contributed by atoms with Crippen LogP contribution in [0.2, 0.25) is 0 Å². The summed E-state index contributed by atoms with van der Waals surface area (Å²) < 4.78 is 17.7. The number of rotatable bonds is 36. The van der Waals surface area contributed by atoms with E-state index in [-0.39, 0.29) is 86.6 Å². The van der Waals surface area contributed by atoms with Crippen molar-refractivity contribution in [3.05, 3.63) is 82.3 Å². The normalized spacial score (nSPS) is 16.3. The molecular weight excluding hydrogens is 1170 g/mol. The molecule has 498 valence electrons. The van der Waals surface area contributed by atoms with Gasteiger partial charge in [-0.25, -0.2) is 14.6 Å². The number of nitrogens with zero attached hydrogens (tertiary/aromatic N) is 3. The third kappa shape index (κ3) is 22.8. The molecule has 1 aliphatic rings. The van der Waals surface area contributed by atoms with Gasteiger partial charge in [0.1, 0.15) is 41.1 Å². The van der Waals surface area contributed by atoms with E-state index in [0.29, 0.717) is 43.5 Å². The lowest BCUT2D eigenvalue weighted by atomic mass is 9.89. The maximum Gasteiger partial charge on any atom is 0.408 e. The molecule has 1 aliphatic heterocycles. The Hall–Kier alpha value is -7.51. The minimum Gasteiger partial charge on any atom is -0.445 e. The Labute approximate surface area is 534 Å². The van der Waals surface area contributed by atoms with E-state index in [1.807, 2.05) is 56.5 Å². The molecule has 3 aromatic rings. The van der Waals surface area contributed by atoms with Crippen molar-refractivity contribution < 1.29 is 62.2 Å². The van der Waals surface area contributed by atoms with Crippen molar-refractivity contribution in [1.82, 2.24) is 46.7 Å². The van der Waals surface area contributed by atoms with E-state index < -0.39 is 101 Å². The lowest BCUT2D eigenvalue weighted by Crippen LogP contribution is -2.62. The quantitative estimate of drug-likeness (QED) is 0.0295. The average molecular weight is 1270 g/mol. The number of methoxy groups -OCH3 is 2. The number of Topliss-reactive ketones (excluding diaryl/α,β-unsaturated/α-hetero) is 1. The van der Waals surface area contributed by atoms with E-state index in [1.165, 1.54) is 32.3 Å². The van der Waals surface area contributed by atoms with Crippen LogP contribution in [0.5, 0.6) is 0 Å². The number of thiazole rings is 1. The summed E-state index contributed by atoms with van der Waals surface area (Å²) in [5, 5.41) is 22.0. The van der Waals surface area contributed by atoms with Gasteiger partial charge in [0.25, 0.3) is 0 Å². The van der Waals surface area contributed by atoms with Crippen molar-refractivity contribution in [2.24, 2.45) is 35.3 Å². The minimum absolute atomic E-state index is 0.0225. The number of carbonyl (C=O) groups is 10. The number of nitrogens with two attached hydrogens (primary N) is 1. The summed E-state index contributed by atoms with van der Waals surface area (Å²) in [5.41, 5.74) is 5.54. The number of aromatic nitrogens is 1. The predicted molar refractivity (Wildman–Crippen MR) is 343 cm³/mol. The number of benzene rings is 2. The van der Waals surface area contributed by atoms with Crippen molar-refractivity contribution in [3.63, 3.8) is 0 Å². The molecule has 0 unspecified atom stereocenters. The first-order chi connectivity index (χ1) is 42.5. The Bertz CT molecular complexity index is 2840. The number of hydrogen-bond donors (Lipinski definition) is 8. The molecule has 0 spiro atoms. The standard InChI is InChI=1S/C65H99N11O13S/c1-15-41(8)55(50(87-13)36-52(79)76-33-20-24-48(76)56(88-14)42(9)57(80)71-47(60-67-32-34-90-60)35-43-21-17-16-18-22-43)75(12)61(83)54(40(6)7)73-62(84)65(10,11)74-64(86)89-37-44-25-27-45(28-26-44)69-58(81)46(23-19-31-68-63(66)85)70-59(82)53(39(4)5)72-51(78)30-29-49(77)38(2)3/h16-18,21-22,25-28,32,34,38-42,46-48,50,53-56H,15,19-20,23-24,29-31,33,35-37H2,1-14H3,(H,69,81)(H,70,82)(H,71,80)(H,72,78)(H,73,84)(H,74,86)(H3,66,68,85)/t41-,42+,46-,47-,48-,50+,53-,54-,55-,56+/m0/s1. The number of amides is 10. The summed E-state index contributed by atoms with van der Waals surface area (Å²) in [7, 11) is 4.70. The van der Waals surface area contributed by atoms with Gasteiger partial charge in [-0.1, -0.05) is 111 Å². The number of carbonyl (C=O) groups excluding carboxylic acids is 10. The van der Waals surface area contributed by atoms with Crippen LogP contribution in [0.3, 0.4) is 0 Å². The van der Waals surface area contributed by atoms with Crippen LogP contribution in [0.1, 0.15) is 150 Å². The first-order valence-corrected chi connectivity index (χ1v) is 32.1. The monoisotopic (exact) mass is 1270 g/mol. The van der Waals surface area contributed by atoms with Crippen molar-refractivity contribution in [2.45, 2.75) is 195 Å². The van der Waals surface area contributed by atoms with Crippen molar-refractivity contribution in [3.8, 4) is 0 Å². The van der Waals surface area contributed by atoms with E-state index in [2.05, 4.69) is 42.2 Å². The second kappa shape index (κ2) is 36.4. The number of primary amides is 1. The summed E-state index contributed by atoms with van der Waals surface area (Å²) in [6, 6.07) is 10.9. The number of nitrogens with one attached hydrogen (secondary N) is 7. The maximum atomic E-state index is 14.7. The number of ketones is 1. The Morgan fingerprint density at radius 3 is 2.04 bits per heavy atom. The molecule has 0 bridgehead atoms. The zero-order valence-corrected chi connectivity index (χ0v) is 55.8. The summed E-state index contributed by atoms with van der Waals surface area (Å²) in [6.45, 7) is 19.6. The van der Waals surface area contributed by atoms with E-state index in [1.54, 1.807) is 96.0 Å². The number of alkyl carbamates (subject to hydrolysis) is 1. The van der Waals surface area contributed by atoms with Crippen LogP contribution in [0.15, 0.2) is 66.2 Å². The van der Waals surface area contributed by atoms with E-state index >= 15 is 0 Å². The molecule has 24 nitrogen and oxygen atoms in total. The van der Waals surface area contributed by atoms with Gasteiger partial charge >= 0.3 is 12.1 Å². The highest BCUT2D eigenvalue weighted by atomic mass is 32.1. The summed E-state index contributed by atoms with van der Waals surface area (Å²) in [4.78, 5) is 142. The van der Waals surface area contributed by atoms with Gasteiger partial charge in [0.15, 0.2) is 0 Å². The second-order valence-electron chi connectivity index (χ2n) is 24.8. The largest absolute Gasteiger partial charge is 0.445 e. The van der Waals surface area contributed by atoms with Gasteiger partial charge in [-0.05, 0) is 87.0 Å². The molecule has 90 heavy (non-hydrogen) atoms. The first kappa shape index (κ1) is 75.0. The fourth-order valence-electron chi connectivity index (χ4n) is 10.9. The lowest BCUT2D eigenvalue weighted by molar-refractivity contribution is -0.148. The van der Waals surface area contributed by atoms with Crippen LogP contribution in [0.4, 0.5) is 15.3 Å². The average Bonchev–Trinajstić information content (AvgIpc) is 1.68. The van der Waals surface area contributed by atoms with Crippen molar-refractivity contribution >= 4 is 76.3 Å². The van der Waals surface area contributed by atoms with E-state index in [0.717, 1.165) is 10.6 Å². The van der Waals surface area contributed by atoms with Crippen LogP contribution < -0.4 is 43.0 Å². The Morgan fingerprint density at radius 1 is 0.800 bits per heavy atom. The number of ether oxygens (including phenoxy) is 3. The SMILES string of the molecule is CC[C@H](C)[C@@H]([C@@H](CC(=O)N1CCC[C@H]1[C@H](OC)[C@@H](C)C(=O)N[C@@H](Cc1ccccc1)c1nccs1)OC)N(C)C(=O)[C@@H](NC(=O)C(C)(C)NC(=O)OCc1ccc(NC(=O)[C@H](CCCNC(N)=O)NC(=O)[C@@H](NC(=O)CCC(=O)C(C)C)C(C)C)cc1)C(C)C. The minimum atomic E-state index is -1.58. The molecule has 2 heterocycles. The molecule has 4 rings (SSSR count). The van der Waals surface area contributed by atoms with Gasteiger partial charge in [-0.2, -0.15) is 0 Å². The molecular formula is C65H99N11O13S. The van der Waals surface area contributed by atoms with Crippen molar-refractivity contribution in [1.29, 1.82) is 0 Å². The predicted octanol–water partition coefficient (Wildman–Crippen LogP) is 6.33. The Morgan fingerprint density at radius 2 is 1.47 bits per heavy atom. The van der Waals surface area contributed by atoms with Gasteiger partial charge in [0, 0.05) is 70.4 Å².